The molecule has 3 nitrogen and oxygen atoms in total. The van der Waals surface area contributed by atoms with Crippen LogP contribution in [-0.2, 0) is 11.2 Å². The molecule has 0 aliphatic carbocycles. The molecule has 0 bridgehead atoms. The van der Waals surface area contributed by atoms with Gasteiger partial charge in [-0.1, -0.05) is 18.2 Å². The Kier molecular flexibility index (Phi) is 2.86. The summed E-state index contributed by atoms with van der Waals surface area (Å²) in [6, 6.07) is 8.07. The number of carbonyl (C=O) groups is 1. The van der Waals surface area contributed by atoms with Crippen molar-refractivity contribution in [3.8, 4) is 5.69 Å². The van der Waals surface area contributed by atoms with Crippen LogP contribution in [0, 0.1) is 13.8 Å². The fraction of sp³-hybridized carbons (Fsp3) is 0.231. The summed E-state index contributed by atoms with van der Waals surface area (Å²) in [5.74, 6) is 0. The summed E-state index contributed by atoms with van der Waals surface area (Å²) < 4.78 is 1.88. The minimum absolute atomic E-state index is 0.428. The van der Waals surface area contributed by atoms with E-state index >= 15 is 0 Å². The molecule has 0 amide bonds. The van der Waals surface area contributed by atoms with Crippen molar-refractivity contribution in [3.05, 3.63) is 47.3 Å². The highest BCUT2D eigenvalue weighted by Gasteiger charge is 2.08. The van der Waals surface area contributed by atoms with Crippen molar-refractivity contribution in [2.45, 2.75) is 20.3 Å². The van der Waals surface area contributed by atoms with Crippen LogP contribution >= 0.6 is 0 Å². The van der Waals surface area contributed by atoms with Crippen LogP contribution in [0.4, 0.5) is 0 Å². The molecule has 0 N–H and O–H groups in total. The third-order valence-corrected chi connectivity index (χ3v) is 2.76. The second kappa shape index (κ2) is 4.31. The third kappa shape index (κ3) is 1.76. The number of hydrogen-bond donors (Lipinski definition) is 0. The second-order valence-corrected chi connectivity index (χ2v) is 3.82. The molecule has 0 aliphatic rings. The van der Waals surface area contributed by atoms with Gasteiger partial charge >= 0.3 is 0 Å². The van der Waals surface area contributed by atoms with Crippen molar-refractivity contribution < 1.29 is 4.79 Å². The predicted molar refractivity (Wildman–Crippen MR) is 62.8 cm³/mol. The molecule has 2 rings (SSSR count). The summed E-state index contributed by atoms with van der Waals surface area (Å²) in [5.41, 5.74) is 4.25. The monoisotopic (exact) mass is 214 g/mol. The van der Waals surface area contributed by atoms with E-state index in [1.54, 1.807) is 6.20 Å². The number of benzene rings is 1. The smallest absolute Gasteiger partial charge is 0.124 e. The van der Waals surface area contributed by atoms with E-state index in [2.05, 4.69) is 18.1 Å². The first-order valence-electron chi connectivity index (χ1n) is 5.27. The van der Waals surface area contributed by atoms with Crippen molar-refractivity contribution in [2.75, 3.05) is 0 Å². The van der Waals surface area contributed by atoms with Gasteiger partial charge in [0.2, 0.25) is 0 Å². The molecule has 0 fully saturated rings. The maximum atomic E-state index is 10.5. The van der Waals surface area contributed by atoms with E-state index in [1.165, 1.54) is 5.56 Å². The molecule has 0 radical (unpaired) electrons. The van der Waals surface area contributed by atoms with E-state index in [4.69, 9.17) is 0 Å². The van der Waals surface area contributed by atoms with Gasteiger partial charge in [-0.15, -0.1) is 0 Å². The van der Waals surface area contributed by atoms with Crippen LogP contribution in [0.15, 0.2) is 30.5 Å². The number of aromatic nitrogens is 2. The van der Waals surface area contributed by atoms with E-state index in [0.717, 1.165) is 23.2 Å². The lowest BCUT2D eigenvalue weighted by Crippen LogP contribution is -2.01. The minimum atomic E-state index is 0.428. The average molecular weight is 214 g/mol. The van der Waals surface area contributed by atoms with E-state index in [-0.39, 0.29) is 0 Å². The van der Waals surface area contributed by atoms with E-state index in [9.17, 15) is 4.79 Å². The van der Waals surface area contributed by atoms with Crippen molar-refractivity contribution in [1.29, 1.82) is 0 Å². The van der Waals surface area contributed by atoms with E-state index in [0.29, 0.717) is 6.42 Å². The highest BCUT2D eigenvalue weighted by atomic mass is 16.1. The second-order valence-electron chi connectivity index (χ2n) is 3.82. The van der Waals surface area contributed by atoms with Crippen LogP contribution in [0.2, 0.25) is 0 Å². The van der Waals surface area contributed by atoms with Gasteiger partial charge in [-0.2, -0.15) is 5.10 Å². The molecule has 1 aromatic heterocycles. The molecule has 0 saturated heterocycles. The molecule has 16 heavy (non-hydrogen) atoms. The zero-order chi connectivity index (χ0) is 11.5. The maximum Gasteiger partial charge on any atom is 0.124 e. The Morgan fingerprint density at radius 1 is 1.31 bits per heavy atom. The quantitative estimate of drug-likeness (QED) is 0.734. The zero-order valence-corrected chi connectivity index (χ0v) is 9.47. The van der Waals surface area contributed by atoms with Gasteiger partial charge in [-0.3, -0.25) is 0 Å². The van der Waals surface area contributed by atoms with Crippen LogP contribution in [0.1, 0.15) is 16.8 Å². The van der Waals surface area contributed by atoms with Crippen LogP contribution in [0.3, 0.4) is 0 Å². The molecule has 3 heteroatoms. The van der Waals surface area contributed by atoms with Crippen LogP contribution in [-0.4, -0.2) is 16.1 Å². The van der Waals surface area contributed by atoms with Gasteiger partial charge in [0.1, 0.15) is 6.29 Å². The SMILES string of the molecule is Cc1ccccc1-n1ncc(CC=O)c1C. The van der Waals surface area contributed by atoms with Gasteiger partial charge in [0.15, 0.2) is 0 Å². The molecule has 2 aromatic rings. The molecule has 1 aromatic carbocycles. The Balaban J connectivity index is 2.49. The van der Waals surface area contributed by atoms with Crippen molar-refractivity contribution >= 4 is 6.29 Å². The van der Waals surface area contributed by atoms with Gasteiger partial charge in [0.25, 0.3) is 0 Å². The van der Waals surface area contributed by atoms with Crippen molar-refractivity contribution in [1.82, 2.24) is 9.78 Å². The lowest BCUT2D eigenvalue weighted by Gasteiger charge is -2.07. The Labute approximate surface area is 94.7 Å². The first-order chi connectivity index (χ1) is 7.74. The summed E-state index contributed by atoms with van der Waals surface area (Å²) in [7, 11) is 0. The number of aryl methyl sites for hydroxylation is 1. The van der Waals surface area contributed by atoms with Gasteiger partial charge in [-0.05, 0) is 25.5 Å². The fourth-order valence-electron chi connectivity index (χ4n) is 1.78. The Morgan fingerprint density at radius 2 is 2.06 bits per heavy atom. The number of para-hydroxylation sites is 1. The van der Waals surface area contributed by atoms with Gasteiger partial charge in [-0.25, -0.2) is 4.68 Å². The molecule has 0 spiro atoms. The number of rotatable bonds is 3. The molecule has 1 heterocycles. The Bertz CT molecular complexity index is 514. The van der Waals surface area contributed by atoms with Crippen LogP contribution < -0.4 is 0 Å². The molecule has 0 aliphatic heterocycles. The van der Waals surface area contributed by atoms with E-state index < -0.39 is 0 Å². The van der Waals surface area contributed by atoms with Gasteiger partial charge < -0.3 is 4.79 Å². The standard InChI is InChI=1S/C13H14N2O/c1-10-5-3-4-6-13(10)15-11(2)12(7-8-16)9-14-15/h3-6,8-9H,7H2,1-2H3. The molecule has 0 unspecified atom stereocenters. The molecule has 0 saturated carbocycles. The highest BCUT2D eigenvalue weighted by Crippen LogP contribution is 2.17. The number of aldehydes is 1. The summed E-state index contributed by atoms with van der Waals surface area (Å²) >= 11 is 0. The summed E-state index contributed by atoms with van der Waals surface area (Å²) in [6.45, 7) is 4.04. The molecular weight excluding hydrogens is 200 g/mol. The average Bonchev–Trinajstić information content (AvgIpc) is 2.62. The number of carbonyl (C=O) groups excluding carboxylic acids is 1. The highest BCUT2D eigenvalue weighted by molar-refractivity contribution is 5.55. The largest absolute Gasteiger partial charge is 0.303 e. The van der Waals surface area contributed by atoms with Crippen molar-refractivity contribution in [3.63, 3.8) is 0 Å². The van der Waals surface area contributed by atoms with Gasteiger partial charge in [0, 0.05) is 17.7 Å². The predicted octanol–water partition coefficient (Wildman–Crippen LogP) is 2.23. The number of nitrogens with zero attached hydrogens (tertiary/aromatic N) is 2. The molecule has 82 valence electrons. The van der Waals surface area contributed by atoms with Crippen LogP contribution in [0.25, 0.3) is 5.69 Å². The Morgan fingerprint density at radius 3 is 2.75 bits per heavy atom. The van der Waals surface area contributed by atoms with Crippen molar-refractivity contribution in [2.24, 2.45) is 0 Å². The first-order valence-corrected chi connectivity index (χ1v) is 5.27. The fourth-order valence-corrected chi connectivity index (χ4v) is 1.78. The molecule has 0 atom stereocenters. The van der Waals surface area contributed by atoms with Crippen LogP contribution in [0.5, 0.6) is 0 Å². The normalized spacial score (nSPS) is 10.4. The summed E-state index contributed by atoms with van der Waals surface area (Å²) in [6.07, 6.45) is 3.10. The van der Waals surface area contributed by atoms with Gasteiger partial charge in [0.05, 0.1) is 11.9 Å². The first kappa shape index (κ1) is 10.6. The summed E-state index contributed by atoms with van der Waals surface area (Å²) in [4.78, 5) is 10.5. The third-order valence-electron chi connectivity index (χ3n) is 2.76. The topological polar surface area (TPSA) is 34.9 Å². The Hall–Kier alpha value is -1.90. The maximum absolute atomic E-state index is 10.5. The number of hydrogen-bond acceptors (Lipinski definition) is 2. The lowest BCUT2D eigenvalue weighted by molar-refractivity contribution is -0.107. The summed E-state index contributed by atoms with van der Waals surface area (Å²) in [5, 5.41) is 4.32. The molecular formula is C13H14N2O. The minimum Gasteiger partial charge on any atom is -0.303 e. The lowest BCUT2D eigenvalue weighted by atomic mass is 10.2. The zero-order valence-electron chi connectivity index (χ0n) is 9.47. The van der Waals surface area contributed by atoms with E-state index in [1.807, 2.05) is 29.8 Å².